The van der Waals surface area contributed by atoms with Crippen molar-refractivity contribution in [2.45, 2.75) is 77.0 Å². The van der Waals surface area contributed by atoms with Gasteiger partial charge < -0.3 is 0 Å². The van der Waals surface area contributed by atoms with Crippen LogP contribution in [0.3, 0.4) is 0 Å². The summed E-state index contributed by atoms with van der Waals surface area (Å²) in [6.07, 6.45) is 0. The van der Waals surface area contributed by atoms with Crippen LogP contribution in [0.1, 0.15) is 52.0 Å². The van der Waals surface area contributed by atoms with Gasteiger partial charge in [-0.15, -0.1) is 0 Å². The lowest BCUT2D eigenvalue weighted by Gasteiger charge is -2.05. The molecule has 1 heterocycles. The molecule has 0 saturated heterocycles. The average molecular weight is 555 g/mol. The summed E-state index contributed by atoms with van der Waals surface area (Å²) in [4.78, 5) is 1.55. The van der Waals surface area contributed by atoms with Crippen molar-refractivity contribution in [1.82, 2.24) is 0 Å². The summed E-state index contributed by atoms with van der Waals surface area (Å²) in [5, 5.41) is 0. The van der Waals surface area contributed by atoms with Crippen molar-refractivity contribution in [3.63, 3.8) is 0 Å². The van der Waals surface area contributed by atoms with Gasteiger partial charge in [0.05, 0.1) is 19.6 Å². The zero-order chi connectivity index (χ0) is 24.7. The molecular weight excluding hydrogens is 512 g/mol. The number of benzene rings is 4. The van der Waals surface area contributed by atoms with E-state index in [-0.39, 0.29) is 29.7 Å². The molecule has 0 N–H and O–H groups in total. The van der Waals surface area contributed by atoms with Crippen molar-refractivity contribution in [1.29, 1.82) is 0 Å². The largest absolute Gasteiger partial charge is 0.219 e. The summed E-state index contributed by atoms with van der Waals surface area (Å²) in [6, 6.07) is 24.8. The normalized spacial score (nSPS) is 12.0. The van der Waals surface area contributed by atoms with Crippen LogP contribution < -0.4 is 0 Å². The molecule has 0 atom stereocenters. The minimum atomic E-state index is -3.37. The number of sulfone groups is 2. The Kier molecular flexibility index (Phi) is 11.9. The Morgan fingerprint density at radius 3 is 1.08 bits per heavy atom. The first kappa shape index (κ1) is 34.8. The molecule has 6 heteroatoms. The molecular formula is C32H42O4S2. The molecule has 0 saturated carbocycles. The van der Waals surface area contributed by atoms with Crippen LogP contribution in [0.5, 0.6) is 0 Å². The lowest BCUT2D eigenvalue weighted by Crippen LogP contribution is -2.01. The maximum Gasteiger partial charge on any atom is 0.207 e. The molecule has 0 amide bonds. The summed E-state index contributed by atoms with van der Waals surface area (Å²) >= 11 is 0. The minimum absolute atomic E-state index is 0. The number of hydrogen-bond acceptors (Lipinski definition) is 4. The Morgan fingerprint density at radius 2 is 0.763 bits per heavy atom. The fourth-order valence-corrected chi connectivity index (χ4v) is 6.78. The van der Waals surface area contributed by atoms with E-state index >= 15 is 0 Å². The van der Waals surface area contributed by atoms with Gasteiger partial charge in [0.2, 0.25) is 19.7 Å². The third-order valence-electron chi connectivity index (χ3n) is 5.80. The lowest BCUT2D eigenvalue weighted by atomic mass is 10.0. The standard InChI is InChI=1S/C14H12O2S.C14H14O2S.4CH4/c1-9-3-5-13-11(7-9)12-8-10(2)4-6-14(12)17(13,15)16;1-11-3-7-13(8-4-11)17(15,16)14-9-5-12(2)6-10-14;;;;/h3-8H,1-2H3;3-10H,1-2H3;4*1H4. The molecule has 0 bridgehead atoms. The van der Waals surface area contributed by atoms with Crippen LogP contribution in [0.25, 0.3) is 11.1 Å². The highest BCUT2D eigenvalue weighted by atomic mass is 32.2. The molecule has 5 rings (SSSR count). The summed E-state index contributed by atoms with van der Waals surface area (Å²) < 4.78 is 49.1. The topological polar surface area (TPSA) is 68.3 Å². The molecule has 4 aromatic carbocycles. The Hall–Kier alpha value is -3.22. The number of aryl methyl sites for hydroxylation is 4. The van der Waals surface area contributed by atoms with Crippen LogP contribution >= 0.6 is 0 Å². The zero-order valence-corrected chi connectivity index (χ0v) is 21.2. The first-order valence-corrected chi connectivity index (χ1v) is 13.8. The second kappa shape index (κ2) is 13.0. The van der Waals surface area contributed by atoms with E-state index < -0.39 is 19.7 Å². The van der Waals surface area contributed by atoms with Gasteiger partial charge in [-0.3, -0.25) is 0 Å². The molecule has 38 heavy (non-hydrogen) atoms. The van der Waals surface area contributed by atoms with Gasteiger partial charge in [0.1, 0.15) is 0 Å². The van der Waals surface area contributed by atoms with Gasteiger partial charge in [0.25, 0.3) is 0 Å². The lowest BCUT2D eigenvalue weighted by molar-refractivity contribution is 0.595. The molecule has 0 aliphatic carbocycles. The highest BCUT2D eigenvalue weighted by Crippen LogP contribution is 2.43. The predicted molar refractivity (Wildman–Crippen MR) is 162 cm³/mol. The Bertz CT molecular complexity index is 1460. The molecule has 1 aliphatic rings. The molecule has 0 fully saturated rings. The van der Waals surface area contributed by atoms with E-state index in [9.17, 15) is 16.8 Å². The van der Waals surface area contributed by atoms with Gasteiger partial charge in [-0.25, -0.2) is 16.8 Å². The monoisotopic (exact) mass is 554 g/mol. The second-order valence-corrected chi connectivity index (χ2v) is 12.5. The zero-order valence-electron chi connectivity index (χ0n) is 19.5. The van der Waals surface area contributed by atoms with Gasteiger partial charge in [0.15, 0.2) is 0 Å². The summed E-state index contributed by atoms with van der Waals surface area (Å²) in [5.41, 5.74) is 5.93. The maximum atomic E-state index is 12.3. The minimum Gasteiger partial charge on any atom is -0.219 e. The molecule has 0 aromatic heterocycles. The van der Waals surface area contributed by atoms with Crippen molar-refractivity contribution in [3.8, 4) is 11.1 Å². The Morgan fingerprint density at radius 1 is 0.474 bits per heavy atom. The summed E-state index contributed by atoms with van der Waals surface area (Å²) in [5.74, 6) is 0. The van der Waals surface area contributed by atoms with E-state index in [0.29, 0.717) is 19.6 Å². The van der Waals surface area contributed by atoms with E-state index in [1.807, 2.05) is 52.0 Å². The first-order chi connectivity index (χ1) is 16.0. The highest BCUT2D eigenvalue weighted by molar-refractivity contribution is 7.92. The summed E-state index contributed by atoms with van der Waals surface area (Å²) in [6.45, 7) is 7.81. The molecule has 0 radical (unpaired) electrons. The van der Waals surface area contributed by atoms with Crippen molar-refractivity contribution in [2.24, 2.45) is 0 Å². The fraction of sp³-hybridized carbons (Fsp3) is 0.250. The third kappa shape index (κ3) is 6.61. The smallest absolute Gasteiger partial charge is 0.207 e. The van der Waals surface area contributed by atoms with Crippen LogP contribution in [0.4, 0.5) is 0 Å². The van der Waals surface area contributed by atoms with Crippen LogP contribution in [0.15, 0.2) is 105 Å². The number of hydrogen-bond donors (Lipinski definition) is 0. The average Bonchev–Trinajstić information content (AvgIpc) is 3.00. The van der Waals surface area contributed by atoms with Crippen molar-refractivity contribution < 1.29 is 16.8 Å². The first-order valence-electron chi connectivity index (χ1n) is 10.9. The van der Waals surface area contributed by atoms with Gasteiger partial charge in [0, 0.05) is 11.1 Å². The SMILES string of the molecule is C.C.C.C.Cc1ccc(S(=O)(=O)c2ccc(C)cc2)cc1.Cc1ccc2c(c1)-c1cc(C)ccc1S2(=O)=O. The third-order valence-corrected chi connectivity index (χ3v) is 9.46. The van der Waals surface area contributed by atoms with E-state index in [0.717, 1.165) is 33.4 Å². The molecule has 0 unspecified atom stereocenters. The van der Waals surface area contributed by atoms with E-state index in [2.05, 4.69) is 0 Å². The van der Waals surface area contributed by atoms with Crippen LogP contribution in [0, 0.1) is 27.7 Å². The van der Waals surface area contributed by atoms with E-state index in [4.69, 9.17) is 0 Å². The fourth-order valence-electron chi connectivity index (χ4n) is 3.87. The number of fused-ring (bicyclic) bond motifs is 3. The van der Waals surface area contributed by atoms with Crippen molar-refractivity contribution in [2.75, 3.05) is 0 Å². The van der Waals surface area contributed by atoms with Crippen molar-refractivity contribution >= 4 is 19.7 Å². The quantitative estimate of drug-likeness (QED) is 0.219. The van der Waals surface area contributed by atoms with Gasteiger partial charge in [-0.2, -0.15) is 0 Å². The van der Waals surface area contributed by atoms with Crippen LogP contribution in [0.2, 0.25) is 0 Å². The van der Waals surface area contributed by atoms with E-state index in [1.165, 1.54) is 0 Å². The number of rotatable bonds is 2. The van der Waals surface area contributed by atoms with Crippen LogP contribution in [-0.4, -0.2) is 16.8 Å². The molecule has 4 aromatic rings. The van der Waals surface area contributed by atoms with Gasteiger partial charge in [-0.1, -0.05) is 100 Å². The predicted octanol–water partition coefficient (Wildman–Crippen LogP) is 8.80. The Balaban J connectivity index is 0.000000652. The Labute approximate surface area is 231 Å². The molecule has 206 valence electrons. The van der Waals surface area contributed by atoms with Crippen molar-refractivity contribution in [3.05, 3.63) is 107 Å². The summed E-state index contributed by atoms with van der Waals surface area (Å²) in [7, 11) is -6.67. The van der Waals surface area contributed by atoms with E-state index in [1.54, 1.807) is 60.7 Å². The second-order valence-electron chi connectivity index (χ2n) is 8.63. The highest BCUT2D eigenvalue weighted by Gasteiger charge is 2.32. The maximum absolute atomic E-state index is 12.3. The van der Waals surface area contributed by atoms with Gasteiger partial charge >= 0.3 is 0 Å². The van der Waals surface area contributed by atoms with Crippen LogP contribution in [-0.2, 0) is 19.7 Å². The molecule has 0 spiro atoms. The molecule has 1 aliphatic heterocycles. The van der Waals surface area contributed by atoms with Gasteiger partial charge in [-0.05, 0) is 64.1 Å². The molecule has 4 nitrogen and oxygen atoms in total.